The van der Waals surface area contributed by atoms with Crippen molar-refractivity contribution < 1.29 is 4.74 Å². The minimum Gasteiger partial charge on any atom is -0.473 e. The fourth-order valence-electron chi connectivity index (χ4n) is 4.02. The lowest BCUT2D eigenvalue weighted by Crippen LogP contribution is -2.35. The van der Waals surface area contributed by atoms with Crippen molar-refractivity contribution in [2.75, 3.05) is 32.0 Å². The van der Waals surface area contributed by atoms with Gasteiger partial charge in [0.05, 0.1) is 17.2 Å². The van der Waals surface area contributed by atoms with Crippen molar-refractivity contribution in [2.24, 2.45) is 5.92 Å². The van der Waals surface area contributed by atoms with Crippen LogP contribution in [0.1, 0.15) is 26.7 Å². The maximum atomic E-state index is 6.13. The van der Waals surface area contributed by atoms with Gasteiger partial charge in [0.2, 0.25) is 11.8 Å². The topological polar surface area (TPSA) is 91.9 Å². The van der Waals surface area contributed by atoms with Crippen LogP contribution in [0.3, 0.4) is 0 Å². The number of piperidine rings is 1. The molecular weight excluding hydrogens is 402 g/mol. The molecule has 8 nitrogen and oxygen atoms in total. The van der Waals surface area contributed by atoms with E-state index in [1.54, 1.807) is 6.20 Å². The lowest BCUT2D eigenvalue weighted by Gasteiger charge is -2.28. The van der Waals surface area contributed by atoms with Crippen LogP contribution in [0.2, 0.25) is 0 Å². The first-order valence-corrected chi connectivity index (χ1v) is 11.3. The molecule has 8 heteroatoms. The summed E-state index contributed by atoms with van der Waals surface area (Å²) in [5.74, 6) is 1.76. The number of nitrogens with one attached hydrogen (secondary N) is 2. The van der Waals surface area contributed by atoms with E-state index >= 15 is 0 Å². The van der Waals surface area contributed by atoms with E-state index in [1.807, 2.05) is 18.5 Å². The number of anilines is 1. The summed E-state index contributed by atoms with van der Waals surface area (Å²) in [4.78, 5) is 24.0. The highest BCUT2D eigenvalue weighted by atomic mass is 16.5. The minimum atomic E-state index is 0.199. The van der Waals surface area contributed by atoms with Crippen LogP contribution in [0.5, 0.6) is 5.88 Å². The third-order valence-corrected chi connectivity index (χ3v) is 5.88. The number of H-pyrrole nitrogens is 1. The fraction of sp³-hybridized carbons (Fsp3) is 0.417. The Morgan fingerprint density at radius 1 is 1.12 bits per heavy atom. The third kappa shape index (κ3) is 4.36. The van der Waals surface area contributed by atoms with Crippen LogP contribution in [-0.2, 0) is 0 Å². The average molecular weight is 432 g/mol. The summed E-state index contributed by atoms with van der Waals surface area (Å²) in [6.07, 6.45) is 7.79. The predicted molar refractivity (Wildman–Crippen MR) is 127 cm³/mol. The number of aromatic nitrogens is 5. The first kappa shape index (κ1) is 20.6. The molecule has 0 radical (unpaired) electrons. The van der Waals surface area contributed by atoms with Crippen molar-refractivity contribution in [3.05, 3.63) is 36.8 Å². The highest BCUT2D eigenvalue weighted by Crippen LogP contribution is 2.30. The van der Waals surface area contributed by atoms with Crippen molar-refractivity contribution in [1.82, 2.24) is 29.8 Å². The first-order chi connectivity index (χ1) is 15.5. The summed E-state index contributed by atoms with van der Waals surface area (Å²) in [6.45, 7) is 7.25. The van der Waals surface area contributed by atoms with Gasteiger partial charge in [-0.1, -0.05) is 19.9 Å². The SMILES string of the molecule is CC(C)CNc1ncc2c(-c3ccc4ncc(OC5CCN(C)CC5)nc4c3)c[nH]c2n1. The van der Waals surface area contributed by atoms with Crippen molar-refractivity contribution in [3.8, 4) is 17.0 Å². The van der Waals surface area contributed by atoms with Crippen LogP contribution in [0.25, 0.3) is 33.2 Å². The number of hydrogen-bond donors (Lipinski definition) is 2. The highest BCUT2D eigenvalue weighted by molar-refractivity contribution is 5.95. The molecule has 0 spiro atoms. The van der Waals surface area contributed by atoms with Crippen LogP contribution in [0, 0.1) is 5.92 Å². The van der Waals surface area contributed by atoms with E-state index in [-0.39, 0.29) is 6.10 Å². The Bertz CT molecular complexity index is 1230. The molecule has 32 heavy (non-hydrogen) atoms. The van der Waals surface area contributed by atoms with Gasteiger partial charge in [-0.2, -0.15) is 4.98 Å². The van der Waals surface area contributed by atoms with E-state index in [9.17, 15) is 0 Å². The zero-order valence-corrected chi connectivity index (χ0v) is 18.8. The molecule has 1 saturated heterocycles. The molecule has 0 bridgehead atoms. The number of aromatic amines is 1. The molecule has 1 aliphatic heterocycles. The molecule has 4 aromatic rings. The number of rotatable bonds is 6. The Labute approximate surface area is 187 Å². The number of fused-ring (bicyclic) bond motifs is 2. The smallest absolute Gasteiger partial charge is 0.233 e. The standard InChI is InChI=1S/C24H29N7O/c1-15(2)11-27-24-28-13-19-18(12-26-23(19)30-24)16-4-5-20-21(10-16)29-22(14-25-20)32-17-6-8-31(3)9-7-17/h4-5,10,12-15,17H,6-9,11H2,1-3H3,(H2,26,27,28,30). The molecule has 0 unspecified atom stereocenters. The van der Waals surface area contributed by atoms with Gasteiger partial charge in [0.1, 0.15) is 11.8 Å². The van der Waals surface area contributed by atoms with Gasteiger partial charge >= 0.3 is 0 Å². The Balaban J connectivity index is 1.40. The molecule has 0 amide bonds. The van der Waals surface area contributed by atoms with E-state index in [2.05, 4.69) is 63.2 Å². The largest absolute Gasteiger partial charge is 0.473 e. The molecule has 1 aliphatic rings. The summed E-state index contributed by atoms with van der Waals surface area (Å²) in [5.41, 5.74) is 4.56. The molecule has 166 valence electrons. The lowest BCUT2D eigenvalue weighted by molar-refractivity contribution is 0.110. The van der Waals surface area contributed by atoms with Crippen LogP contribution in [0.4, 0.5) is 5.95 Å². The maximum Gasteiger partial charge on any atom is 0.233 e. The first-order valence-electron chi connectivity index (χ1n) is 11.3. The second-order valence-electron chi connectivity index (χ2n) is 8.97. The van der Waals surface area contributed by atoms with E-state index in [0.29, 0.717) is 17.7 Å². The lowest BCUT2D eigenvalue weighted by atomic mass is 10.1. The molecular formula is C24H29N7O. The molecule has 2 N–H and O–H groups in total. The highest BCUT2D eigenvalue weighted by Gasteiger charge is 2.19. The molecule has 1 aromatic carbocycles. The zero-order chi connectivity index (χ0) is 22.1. The van der Waals surface area contributed by atoms with Crippen molar-refractivity contribution in [1.29, 1.82) is 0 Å². The molecule has 5 rings (SSSR count). The normalized spacial score (nSPS) is 15.6. The summed E-state index contributed by atoms with van der Waals surface area (Å²) in [6, 6.07) is 6.11. The van der Waals surface area contributed by atoms with Crippen LogP contribution in [0.15, 0.2) is 36.8 Å². The summed E-state index contributed by atoms with van der Waals surface area (Å²) in [5, 5.41) is 4.25. The molecule has 0 atom stereocenters. The molecule has 0 saturated carbocycles. The van der Waals surface area contributed by atoms with E-state index in [4.69, 9.17) is 9.72 Å². The van der Waals surface area contributed by atoms with Gasteiger partial charge in [0.25, 0.3) is 0 Å². The molecule has 0 aliphatic carbocycles. The Kier molecular flexibility index (Phi) is 5.61. The summed E-state index contributed by atoms with van der Waals surface area (Å²) in [7, 11) is 2.15. The van der Waals surface area contributed by atoms with Gasteiger partial charge in [-0.3, -0.25) is 0 Å². The quantitative estimate of drug-likeness (QED) is 0.475. The zero-order valence-electron chi connectivity index (χ0n) is 18.8. The predicted octanol–water partition coefficient (Wildman–Crippen LogP) is 4.11. The maximum absolute atomic E-state index is 6.13. The summed E-state index contributed by atoms with van der Waals surface area (Å²) >= 11 is 0. The molecule has 4 heterocycles. The van der Waals surface area contributed by atoms with Gasteiger partial charge in [0.15, 0.2) is 0 Å². The van der Waals surface area contributed by atoms with Crippen LogP contribution in [-0.4, -0.2) is 62.6 Å². The van der Waals surface area contributed by atoms with Crippen LogP contribution < -0.4 is 10.1 Å². The Morgan fingerprint density at radius 2 is 1.97 bits per heavy atom. The van der Waals surface area contributed by atoms with Gasteiger partial charge < -0.3 is 19.9 Å². The molecule has 3 aromatic heterocycles. The number of likely N-dealkylation sites (tertiary alicyclic amines) is 1. The van der Waals surface area contributed by atoms with Crippen molar-refractivity contribution in [2.45, 2.75) is 32.8 Å². The van der Waals surface area contributed by atoms with Crippen LogP contribution >= 0.6 is 0 Å². The summed E-state index contributed by atoms with van der Waals surface area (Å²) < 4.78 is 6.13. The van der Waals surface area contributed by atoms with E-state index < -0.39 is 0 Å². The monoisotopic (exact) mass is 431 g/mol. The van der Waals surface area contributed by atoms with Gasteiger partial charge in [-0.05, 0) is 43.5 Å². The second-order valence-corrected chi connectivity index (χ2v) is 8.97. The van der Waals surface area contributed by atoms with Gasteiger partial charge in [0, 0.05) is 43.0 Å². The van der Waals surface area contributed by atoms with E-state index in [1.165, 1.54) is 0 Å². The second kappa shape index (κ2) is 8.70. The fourth-order valence-corrected chi connectivity index (χ4v) is 4.02. The van der Waals surface area contributed by atoms with Crippen molar-refractivity contribution >= 4 is 28.0 Å². The number of ether oxygens (including phenoxy) is 1. The van der Waals surface area contributed by atoms with Gasteiger partial charge in [-0.25, -0.2) is 15.0 Å². The third-order valence-electron chi connectivity index (χ3n) is 5.88. The molecule has 1 fully saturated rings. The number of nitrogens with zero attached hydrogens (tertiary/aromatic N) is 5. The van der Waals surface area contributed by atoms with E-state index in [0.717, 1.165) is 65.7 Å². The minimum absolute atomic E-state index is 0.199. The van der Waals surface area contributed by atoms with Crippen molar-refractivity contribution in [3.63, 3.8) is 0 Å². The Morgan fingerprint density at radius 3 is 2.78 bits per heavy atom. The van der Waals surface area contributed by atoms with Gasteiger partial charge in [-0.15, -0.1) is 0 Å². The average Bonchev–Trinajstić information content (AvgIpc) is 3.22. The Hall–Kier alpha value is -3.26. The number of benzene rings is 1. The number of hydrogen-bond acceptors (Lipinski definition) is 7.